The molecule has 3 aromatic rings. The zero-order valence-corrected chi connectivity index (χ0v) is 17.9. The maximum Gasteiger partial charge on any atom is 0 e. The molecule has 0 saturated heterocycles. The molecule has 0 spiro atoms. The fourth-order valence-corrected chi connectivity index (χ4v) is 2.76. The van der Waals surface area contributed by atoms with Crippen LogP contribution in [0.15, 0.2) is 54.6 Å². The molecule has 0 amide bonds. The number of hydrogen-bond donors (Lipinski definition) is 0. The van der Waals surface area contributed by atoms with Crippen molar-refractivity contribution < 1.29 is 32.7 Å². The second-order valence-corrected chi connectivity index (χ2v) is 4.67. The second kappa shape index (κ2) is 10.7. The third-order valence-electron chi connectivity index (χ3n) is 3.64. The summed E-state index contributed by atoms with van der Waals surface area (Å²) < 4.78 is 0. The van der Waals surface area contributed by atoms with E-state index >= 15 is 0 Å². The van der Waals surface area contributed by atoms with Crippen molar-refractivity contribution in [1.82, 2.24) is 0 Å². The van der Waals surface area contributed by atoms with Crippen molar-refractivity contribution in [3.63, 3.8) is 0 Å². The maximum absolute atomic E-state index is 2.32. The summed E-state index contributed by atoms with van der Waals surface area (Å²) in [4.78, 5) is 0. The molecule has 119 valence electrons. The van der Waals surface area contributed by atoms with Crippen molar-refractivity contribution in [2.75, 3.05) is 0 Å². The van der Waals surface area contributed by atoms with Crippen LogP contribution < -0.4 is 0 Å². The van der Waals surface area contributed by atoms with Gasteiger partial charge in [0.05, 0.1) is 0 Å². The second-order valence-electron chi connectivity index (χ2n) is 4.67. The average Bonchev–Trinajstić information content (AvgIpc) is 3.06. The van der Waals surface area contributed by atoms with Crippen LogP contribution in [0, 0.1) is 7.43 Å². The Bertz CT molecular complexity index is 769. The smallest absolute Gasteiger partial charge is 0 e. The Morgan fingerprint density at radius 3 is 2.00 bits per heavy atom. The summed E-state index contributed by atoms with van der Waals surface area (Å²) in [5.41, 5.74) is 2.86. The molecule has 0 bridgehead atoms. The van der Waals surface area contributed by atoms with Crippen molar-refractivity contribution in [1.29, 1.82) is 0 Å². The van der Waals surface area contributed by atoms with Crippen LogP contribution in [0.2, 0.25) is 0 Å². The normalized spacial score (nSPS) is 10.4. The molecular formula is C22H27Y-. The van der Waals surface area contributed by atoms with Gasteiger partial charge >= 0.3 is 0 Å². The van der Waals surface area contributed by atoms with E-state index in [2.05, 4.69) is 60.7 Å². The van der Waals surface area contributed by atoms with Crippen molar-refractivity contribution in [3.8, 4) is 0 Å². The molecule has 1 aliphatic carbocycles. The molecule has 1 aliphatic rings. The number of rotatable bonds is 0. The molecule has 0 fully saturated rings. The van der Waals surface area contributed by atoms with Crippen LogP contribution in [0.3, 0.4) is 0 Å². The van der Waals surface area contributed by atoms with E-state index < -0.39 is 0 Å². The molecule has 0 unspecified atom stereocenters. The van der Waals surface area contributed by atoms with E-state index in [4.69, 9.17) is 0 Å². The van der Waals surface area contributed by atoms with Crippen LogP contribution in [-0.2, 0) is 39.1 Å². The first-order chi connectivity index (χ1) is 10.4. The largest absolute Gasteiger partial charge is 0.358 e. The quantitative estimate of drug-likeness (QED) is 0.289. The third-order valence-corrected chi connectivity index (χ3v) is 3.64. The molecule has 0 aromatic heterocycles. The molecular weight excluding hydrogens is 353 g/mol. The summed E-state index contributed by atoms with van der Waals surface area (Å²) in [5.74, 6) is 0. The van der Waals surface area contributed by atoms with Crippen molar-refractivity contribution in [3.05, 3.63) is 73.2 Å². The van der Waals surface area contributed by atoms with Gasteiger partial charge in [-0.2, -0.15) is 0 Å². The van der Waals surface area contributed by atoms with Gasteiger partial charge in [-0.25, -0.2) is 0 Å². The molecule has 23 heavy (non-hydrogen) atoms. The van der Waals surface area contributed by atoms with Gasteiger partial charge in [0.25, 0.3) is 0 Å². The van der Waals surface area contributed by atoms with E-state index in [1.54, 1.807) is 0 Å². The molecule has 0 N–H and O–H groups in total. The number of fused-ring (bicyclic) bond motifs is 4. The van der Waals surface area contributed by atoms with E-state index in [1.807, 2.05) is 27.7 Å². The van der Waals surface area contributed by atoms with E-state index in [9.17, 15) is 0 Å². The standard InChI is InChI=1S/C17H12.2C2H6.CH3.Y/c1-2-5-14-11-17-15(10-13(14)4-1)9-8-12-6-3-7-16(12)17;2*1-2;;/h1-5,7-11H,6H2;2*1-2H3;1H3;/q;;;-1;. The van der Waals surface area contributed by atoms with Crippen molar-refractivity contribution in [2.24, 2.45) is 0 Å². The van der Waals surface area contributed by atoms with Gasteiger partial charge in [-0.3, -0.25) is 0 Å². The zero-order chi connectivity index (χ0) is 15.2. The topological polar surface area (TPSA) is 0 Å². The first-order valence-electron chi connectivity index (χ1n) is 8.03. The molecule has 0 nitrogen and oxygen atoms in total. The summed E-state index contributed by atoms with van der Waals surface area (Å²) in [6.07, 6.45) is 5.59. The van der Waals surface area contributed by atoms with Crippen LogP contribution in [0.1, 0.15) is 38.8 Å². The molecule has 3 aromatic carbocycles. The fourth-order valence-electron chi connectivity index (χ4n) is 2.76. The summed E-state index contributed by atoms with van der Waals surface area (Å²) in [6, 6.07) is 17.7. The van der Waals surface area contributed by atoms with Gasteiger partial charge in [0.2, 0.25) is 0 Å². The number of benzene rings is 3. The average molecular weight is 380 g/mol. The van der Waals surface area contributed by atoms with Crippen molar-refractivity contribution >= 4 is 27.6 Å². The Morgan fingerprint density at radius 1 is 0.739 bits per heavy atom. The van der Waals surface area contributed by atoms with Gasteiger partial charge < -0.3 is 7.43 Å². The van der Waals surface area contributed by atoms with Crippen molar-refractivity contribution in [2.45, 2.75) is 34.1 Å². The summed E-state index contributed by atoms with van der Waals surface area (Å²) in [6.45, 7) is 8.00. The minimum Gasteiger partial charge on any atom is -0.358 e. The predicted octanol–water partition coefficient (Wildman–Crippen LogP) is 7.06. The van der Waals surface area contributed by atoms with E-state index in [0.717, 1.165) is 6.42 Å². The van der Waals surface area contributed by atoms with E-state index in [0.29, 0.717) is 0 Å². The molecule has 0 aliphatic heterocycles. The third kappa shape index (κ3) is 4.52. The van der Waals surface area contributed by atoms with Crippen LogP contribution >= 0.6 is 0 Å². The minimum atomic E-state index is 0. The van der Waals surface area contributed by atoms with Gasteiger partial charge in [-0.1, -0.05) is 76.2 Å². The van der Waals surface area contributed by atoms with Gasteiger partial charge in [0, 0.05) is 32.7 Å². The van der Waals surface area contributed by atoms with Gasteiger partial charge in [0.1, 0.15) is 0 Å². The van der Waals surface area contributed by atoms with Crippen LogP contribution in [0.4, 0.5) is 0 Å². The summed E-state index contributed by atoms with van der Waals surface area (Å²) >= 11 is 0. The summed E-state index contributed by atoms with van der Waals surface area (Å²) in [7, 11) is 0. The summed E-state index contributed by atoms with van der Waals surface area (Å²) in [5, 5.41) is 5.37. The Hall–Kier alpha value is -0.976. The molecule has 0 atom stereocenters. The van der Waals surface area contributed by atoms with Crippen LogP contribution in [-0.4, -0.2) is 0 Å². The Morgan fingerprint density at radius 2 is 1.35 bits per heavy atom. The fraction of sp³-hybridized carbons (Fsp3) is 0.227. The van der Waals surface area contributed by atoms with E-state index in [1.165, 1.54) is 32.7 Å². The Labute approximate surface area is 166 Å². The maximum atomic E-state index is 2.32. The SMILES string of the molecule is C1=Cc2c(ccc3cc4ccccc4cc23)C1.CC.CC.[CH3-].[Y]. The zero-order valence-electron chi connectivity index (χ0n) is 15.1. The van der Waals surface area contributed by atoms with Crippen LogP contribution in [0.25, 0.3) is 27.6 Å². The monoisotopic (exact) mass is 380 g/mol. The van der Waals surface area contributed by atoms with Crippen LogP contribution in [0.5, 0.6) is 0 Å². The molecule has 0 saturated carbocycles. The van der Waals surface area contributed by atoms with E-state index in [-0.39, 0.29) is 40.1 Å². The first-order valence-corrected chi connectivity index (χ1v) is 8.03. The van der Waals surface area contributed by atoms with Gasteiger partial charge in [0.15, 0.2) is 0 Å². The van der Waals surface area contributed by atoms with Gasteiger partial charge in [-0.15, -0.1) is 0 Å². The molecule has 1 radical (unpaired) electrons. The first kappa shape index (κ1) is 22.0. The Kier molecular flexibility index (Phi) is 10.3. The molecule has 0 heterocycles. The predicted molar refractivity (Wildman–Crippen MR) is 103 cm³/mol. The molecule has 4 rings (SSSR count). The Balaban J connectivity index is 0.000000754. The molecule has 1 heteroatoms. The number of allylic oxidation sites excluding steroid dienone is 1. The minimum absolute atomic E-state index is 0. The number of hydrogen-bond acceptors (Lipinski definition) is 0. The van der Waals surface area contributed by atoms with Gasteiger partial charge in [-0.05, 0) is 51.2 Å².